The maximum absolute atomic E-state index is 9.12. The number of ether oxygens (including phenoxy) is 1. The molecule has 2 aliphatic rings. The standard InChI is InChI=1S/C15H21NO2/c17-10-11-4-7-13(8-5-11)18-15-9-6-12-2-1-3-14(12)16-15/h6,9,11,13,17H,1-5,7-8,10H2. The average molecular weight is 247 g/mol. The monoisotopic (exact) mass is 247 g/mol. The topological polar surface area (TPSA) is 42.4 Å². The Bertz CT molecular complexity index is 411. The molecule has 3 heteroatoms. The van der Waals surface area contributed by atoms with Crippen molar-refractivity contribution in [2.24, 2.45) is 5.92 Å². The lowest BCUT2D eigenvalue weighted by Crippen LogP contribution is -2.25. The summed E-state index contributed by atoms with van der Waals surface area (Å²) in [5.74, 6) is 1.28. The fourth-order valence-electron chi connectivity index (χ4n) is 3.07. The number of aliphatic hydroxyl groups is 1. The molecule has 98 valence electrons. The molecule has 0 spiro atoms. The Kier molecular flexibility index (Phi) is 3.50. The number of aliphatic hydroxyl groups excluding tert-OH is 1. The molecule has 0 amide bonds. The Labute approximate surface area is 108 Å². The van der Waals surface area contributed by atoms with Crippen LogP contribution < -0.4 is 4.74 Å². The highest BCUT2D eigenvalue weighted by molar-refractivity contribution is 5.29. The fraction of sp³-hybridized carbons (Fsp3) is 0.667. The van der Waals surface area contributed by atoms with Gasteiger partial charge in [-0.25, -0.2) is 4.98 Å². The fourth-order valence-corrected chi connectivity index (χ4v) is 3.07. The molecule has 0 bridgehead atoms. The van der Waals surface area contributed by atoms with Gasteiger partial charge in [0.25, 0.3) is 0 Å². The molecule has 1 aromatic rings. The van der Waals surface area contributed by atoms with Crippen molar-refractivity contribution in [1.29, 1.82) is 0 Å². The molecule has 0 unspecified atom stereocenters. The Balaban J connectivity index is 1.60. The number of hydrogen-bond donors (Lipinski definition) is 1. The van der Waals surface area contributed by atoms with E-state index in [0.717, 1.165) is 38.0 Å². The van der Waals surface area contributed by atoms with E-state index >= 15 is 0 Å². The second kappa shape index (κ2) is 5.27. The van der Waals surface area contributed by atoms with Crippen LogP contribution in [0.5, 0.6) is 5.88 Å². The molecule has 0 aromatic carbocycles. The molecule has 2 aliphatic carbocycles. The van der Waals surface area contributed by atoms with Crippen LogP contribution in [0.1, 0.15) is 43.4 Å². The minimum atomic E-state index is 0.291. The largest absolute Gasteiger partial charge is 0.474 e. The van der Waals surface area contributed by atoms with E-state index in [1.54, 1.807) is 0 Å². The molecule has 0 saturated heterocycles. The van der Waals surface area contributed by atoms with Crippen molar-refractivity contribution in [2.45, 2.75) is 51.0 Å². The summed E-state index contributed by atoms with van der Waals surface area (Å²) in [6, 6.07) is 4.19. The number of aryl methyl sites for hydroxylation is 2. The average Bonchev–Trinajstić information content (AvgIpc) is 2.87. The van der Waals surface area contributed by atoms with E-state index in [4.69, 9.17) is 9.84 Å². The molecular formula is C15H21NO2. The predicted molar refractivity (Wildman–Crippen MR) is 69.7 cm³/mol. The second-order valence-electron chi connectivity index (χ2n) is 5.55. The van der Waals surface area contributed by atoms with E-state index in [2.05, 4.69) is 11.1 Å². The number of aromatic nitrogens is 1. The van der Waals surface area contributed by atoms with E-state index in [1.807, 2.05) is 6.07 Å². The van der Waals surface area contributed by atoms with Gasteiger partial charge in [0, 0.05) is 18.4 Å². The lowest BCUT2D eigenvalue weighted by molar-refractivity contribution is 0.100. The molecule has 1 heterocycles. The summed E-state index contributed by atoms with van der Waals surface area (Å²) in [5, 5.41) is 9.12. The first-order valence-corrected chi connectivity index (χ1v) is 7.11. The molecule has 0 atom stereocenters. The highest BCUT2D eigenvalue weighted by atomic mass is 16.5. The van der Waals surface area contributed by atoms with Gasteiger partial charge in [0.1, 0.15) is 6.10 Å². The highest BCUT2D eigenvalue weighted by Crippen LogP contribution is 2.28. The predicted octanol–water partition coefficient (Wildman–Crippen LogP) is 2.50. The van der Waals surface area contributed by atoms with Gasteiger partial charge >= 0.3 is 0 Å². The maximum Gasteiger partial charge on any atom is 0.213 e. The van der Waals surface area contributed by atoms with Gasteiger partial charge < -0.3 is 9.84 Å². The minimum absolute atomic E-state index is 0.291. The summed E-state index contributed by atoms with van der Waals surface area (Å²) in [6.45, 7) is 0.323. The van der Waals surface area contributed by atoms with Crippen molar-refractivity contribution >= 4 is 0 Å². The van der Waals surface area contributed by atoms with Crippen molar-refractivity contribution in [1.82, 2.24) is 4.98 Å². The molecule has 1 saturated carbocycles. The van der Waals surface area contributed by atoms with Gasteiger partial charge in [0.05, 0.1) is 0 Å². The summed E-state index contributed by atoms with van der Waals surface area (Å²) >= 11 is 0. The zero-order chi connectivity index (χ0) is 12.4. The van der Waals surface area contributed by atoms with E-state index in [1.165, 1.54) is 24.1 Å². The minimum Gasteiger partial charge on any atom is -0.474 e. The summed E-state index contributed by atoms with van der Waals surface area (Å²) in [7, 11) is 0. The number of hydrogen-bond acceptors (Lipinski definition) is 3. The van der Waals surface area contributed by atoms with Crippen LogP contribution in [-0.4, -0.2) is 22.8 Å². The van der Waals surface area contributed by atoms with Crippen LogP contribution in [0.3, 0.4) is 0 Å². The molecule has 1 aromatic heterocycles. The van der Waals surface area contributed by atoms with Crippen molar-refractivity contribution in [2.75, 3.05) is 6.61 Å². The third-order valence-corrected chi connectivity index (χ3v) is 4.24. The van der Waals surface area contributed by atoms with Crippen LogP contribution in [0.25, 0.3) is 0 Å². The van der Waals surface area contributed by atoms with Crippen molar-refractivity contribution < 1.29 is 9.84 Å². The van der Waals surface area contributed by atoms with Crippen LogP contribution in [-0.2, 0) is 12.8 Å². The number of nitrogens with zero attached hydrogens (tertiary/aromatic N) is 1. The third-order valence-electron chi connectivity index (χ3n) is 4.24. The quantitative estimate of drug-likeness (QED) is 0.892. The van der Waals surface area contributed by atoms with Gasteiger partial charge in [-0.3, -0.25) is 0 Å². The Morgan fingerprint density at radius 3 is 2.78 bits per heavy atom. The van der Waals surface area contributed by atoms with E-state index < -0.39 is 0 Å². The Hall–Kier alpha value is -1.09. The van der Waals surface area contributed by atoms with Crippen LogP contribution in [0.15, 0.2) is 12.1 Å². The van der Waals surface area contributed by atoms with Crippen molar-refractivity contribution in [3.8, 4) is 5.88 Å². The summed E-state index contributed by atoms with van der Waals surface area (Å²) < 4.78 is 5.98. The van der Waals surface area contributed by atoms with Gasteiger partial charge in [-0.05, 0) is 56.4 Å². The van der Waals surface area contributed by atoms with E-state index in [-0.39, 0.29) is 0 Å². The number of fused-ring (bicyclic) bond motifs is 1. The third kappa shape index (κ3) is 2.51. The first-order valence-electron chi connectivity index (χ1n) is 7.11. The molecule has 0 radical (unpaired) electrons. The van der Waals surface area contributed by atoms with Gasteiger partial charge in [-0.1, -0.05) is 6.07 Å². The van der Waals surface area contributed by atoms with Crippen LogP contribution >= 0.6 is 0 Å². The molecule has 18 heavy (non-hydrogen) atoms. The smallest absolute Gasteiger partial charge is 0.213 e. The molecular weight excluding hydrogens is 226 g/mol. The van der Waals surface area contributed by atoms with E-state index in [9.17, 15) is 0 Å². The Morgan fingerprint density at radius 1 is 1.17 bits per heavy atom. The molecule has 1 fully saturated rings. The SMILES string of the molecule is OCC1CCC(Oc2ccc3c(n2)CCC3)CC1. The maximum atomic E-state index is 9.12. The van der Waals surface area contributed by atoms with Crippen LogP contribution in [0.4, 0.5) is 0 Å². The lowest BCUT2D eigenvalue weighted by atomic mass is 9.88. The molecule has 1 N–H and O–H groups in total. The van der Waals surface area contributed by atoms with Gasteiger partial charge in [0.15, 0.2) is 0 Å². The highest BCUT2D eigenvalue weighted by Gasteiger charge is 2.22. The molecule has 0 aliphatic heterocycles. The Morgan fingerprint density at radius 2 is 2.00 bits per heavy atom. The van der Waals surface area contributed by atoms with Crippen LogP contribution in [0, 0.1) is 5.92 Å². The second-order valence-corrected chi connectivity index (χ2v) is 5.55. The first-order chi connectivity index (χ1) is 8.85. The van der Waals surface area contributed by atoms with Gasteiger partial charge in [-0.15, -0.1) is 0 Å². The number of pyridine rings is 1. The molecule has 3 nitrogen and oxygen atoms in total. The zero-order valence-corrected chi connectivity index (χ0v) is 10.8. The normalized spacial score (nSPS) is 26.9. The van der Waals surface area contributed by atoms with E-state index in [0.29, 0.717) is 18.6 Å². The van der Waals surface area contributed by atoms with Crippen molar-refractivity contribution in [3.63, 3.8) is 0 Å². The van der Waals surface area contributed by atoms with Crippen molar-refractivity contribution in [3.05, 3.63) is 23.4 Å². The summed E-state index contributed by atoms with van der Waals surface area (Å²) in [5.41, 5.74) is 2.63. The van der Waals surface area contributed by atoms with Crippen LogP contribution in [0.2, 0.25) is 0 Å². The molecule has 3 rings (SSSR count). The van der Waals surface area contributed by atoms with Gasteiger partial charge in [0.2, 0.25) is 5.88 Å². The lowest BCUT2D eigenvalue weighted by Gasteiger charge is -2.27. The summed E-state index contributed by atoms with van der Waals surface area (Å²) in [6.07, 6.45) is 8.04. The van der Waals surface area contributed by atoms with Gasteiger partial charge in [-0.2, -0.15) is 0 Å². The number of rotatable bonds is 3. The summed E-state index contributed by atoms with van der Waals surface area (Å²) in [4.78, 5) is 4.61. The first kappa shape index (κ1) is 12.0. The zero-order valence-electron chi connectivity index (χ0n) is 10.8.